The Kier molecular flexibility index (Phi) is 6.29. The average Bonchev–Trinajstić information content (AvgIpc) is 3.10. The first-order valence-electron chi connectivity index (χ1n) is 9.20. The van der Waals surface area contributed by atoms with Crippen molar-refractivity contribution in [1.29, 1.82) is 0 Å². The molecule has 0 radical (unpaired) electrons. The Hall–Kier alpha value is -2.18. The van der Waals surface area contributed by atoms with Gasteiger partial charge in [0, 0.05) is 6.04 Å². The van der Waals surface area contributed by atoms with Crippen LogP contribution in [0, 0.1) is 5.92 Å². The summed E-state index contributed by atoms with van der Waals surface area (Å²) in [4.78, 5) is 11.7. The molecule has 0 aliphatic heterocycles. The van der Waals surface area contributed by atoms with Crippen LogP contribution in [0.15, 0.2) is 59.5 Å². The minimum Gasteiger partial charge on any atom is -0.469 e. The van der Waals surface area contributed by atoms with Crippen LogP contribution in [0.3, 0.4) is 0 Å². The number of hydrogen-bond acceptors (Lipinski definition) is 4. The molecule has 5 nitrogen and oxygen atoms in total. The number of carbonyl (C=O) groups is 1. The Labute approximate surface area is 160 Å². The van der Waals surface area contributed by atoms with E-state index in [1.807, 2.05) is 24.3 Å². The molecule has 1 fully saturated rings. The number of carbonyl (C=O) groups excluding carboxylic acids is 1. The van der Waals surface area contributed by atoms with Crippen molar-refractivity contribution < 1.29 is 17.9 Å². The molecule has 0 amide bonds. The third-order valence-corrected chi connectivity index (χ3v) is 6.62. The summed E-state index contributed by atoms with van der Waals surface area (Å²) in [6, 6.07) is 16.4. The van der Waals surface area contributed by atoms with Crippen molar-refractivity contribution >= 4 is 16.0 Å². The summed E-state index contributed by atoms with van der Waals surface area (Å²) >= 11 is 0. The predicted molar refractivity (Wildman–Crippen MR) is 104 cm³/mol. The summed E-state index contributed by atoms with van der Waals surface area (Å²) in [5, 5.41) is 0. The Morgan fingerprint density at radius 1 is 1.04 bits per heavy atom. The van der Waals surface area contributed by atoms with E-state index in [0.717, 1.165) is 36.8 Å². The van der Waals surface area contributed by atoms with E-state index in [-0.39, 0.29) is 24.3 Å². The van der Waals surface area contributed by atoms with Gasteiger partial charge in [-0.15, -0.1) is 0 Å². The van der Waals surface area contributed by atoms with E-state index in [4.69, 9.17) is 0 Å². The topological polar surface area (TPSA) is 72.5 Å². The van der Waals surface area contributed by atoms with Crippen LogP contribution in [0.4, 0.5) is 0 Å². The molecule has 0 aromatic heterocycles. The molecule has 1 aliphatic carbocycles. The fourth-order valence-corrected chi connectivity index (χ4v) is 5.00. The SMILES string of the molecule is COC(=O)Cc1ccc(CC2CCCC2NS(=O)(=O)c2ccccc2)cc1. The first-order chi connectivity index (χ1) is 13.0. The molecule has 2 aromatic carbocycles. The second-order valence-electron chi connectivity index (χ2n) is 7.01. The highest BCUT2D eigenvalue weighted by Gasteiger charge is 2.31. The third kappa shape index (κ3) is 5.17. The largest absolute Gasteiger partial charge is 0.469 e. The predicted octanol–water partition coefficient (Wildman–Crippen LogP) is 3.09. The smallest absolute Gasteiger partial charge is 0.309 e. The zero-order valence-electron chi connectivity index (χ0n) is 15.4. The van der Waals surface area contributed by atoms with Crippen LogP contribution >= 0.6 is 0 Å². The van der Waals surface area contributed by atoms with Gasteiger partial charge in [0.05, 0.1) is 18.4 Å². The number of rotatable bonds is 7. The highest BCUT2D eigenvalue weighted by Crippen LogP contribution is 2.30. The third-order valence-electron chi connectivity index (χ3n) is 5.12. The van der Waals surface area contributed by atoms with Crippen LogP contribution in [-0.4, -0.2) is 27.5 Å². The van der Waals surface area contributed by atoms with Gasteiger partial charge in [-0.3, -0.25) is 4.79 Å². The van der Waals surface area contributed by atoms with Crippen LogP contribution in [-0.2, 0) is 32.4 Å². The maximum Gasteiger partial charge on any atom is 0.309 e. The second kappa shape index (κ2) is 8.67. The Balaban J connectivity index is 1.64. The summed E-state index contributed by atoms with van der Waals surface area (Å²) in [6.45, 7) is 0. The molecule has 0 saturated heterocycles. The number of methoxy groups -OCH3 is 1. The van der Waals surface area contributed by atoms with E-state index >= 15 is 0 Å². The minimum atomic E-state index is -3.49. The van der Waals surface area contributed by atoms with Gasteiger partial charge in [-0.25, -0.2) is 13.1 Å². The molecule has 1 aliphatic rings. The van der Waals surface area contributed by atoms with Crippen molar-refractivity contribution in [2.24, 2.45) is 5.92 Å². The summed E-state index contributed by atoms with van der Waals surface area (Å²) in [7, 11) is -2.11. The molecule has 2 unspecified atom stereocenters. The summed E-state index contributed by atoms with van der Waals surface area (Å²) < 4.78 is 32.8. The summed E-state index contributed by atoms with van der Waals surface area (Å²) in [5.41, 5.74) is 2.07. The minimum absolute atomic E-state index is 0.0510. The van der Waals surface area contributed by atoms with Crippen LogP contribution < -0.4 is 4.72 Å². The van der Waals surface area contributed by atoms with E-state index in [0.29, 0.717) is 4.90 Å². The monoisotopic (exact) mass is 387 g/mol. The highest BCUT2D eigenvalue weighted by molar-refractivity contribution is 7.89. The lowest BCUT2D eigenvalue weighted by molar-refractivity contribution is -0.139. The Bertz CT molecular complexity index is 863. The fourth-order valence-electron chi connectivity index (χ4n) is 3.64. The lowest BCUT2D eigenvalue weighted by Gasteiger charge is -2.21. The quantitative estimate of drug-likeness (QED) is 0.741. The number of ether oxygens (including phenoxy) is 1. The van der Waals surface area contributed by atoms with Crippen molar-refractivity contribution in [2.45, 2.75) is 43.0 Å². The lowest BCUT2D eigenvalue weighted by atomic mass is 9.94. The lowest BCUT2D eigenvalue weighted by Crippen LogP contribution is -2.38. The van der Waals surface area contributed by atoms with Crippen molar-refractivity contribution in [3.8, 4) is 0 Å². The number of nitrogens with one attached hydrogen (secondary N) is 1. The maximum absolute atomic E-state index is 12.6. The molecule has 0 bridgehead atoms. The Morgan fingerprint density at radius 3 is 2.37 bits per heavy atom. The van der Waals surface area contributed by atoms with E-state index in [1.165, 1.54) is 7.11 Å². The molecule has 6 heteroatoms. The van der Waals surface area contributed by atoms with Gasteiger partial charge in [0.15, 0.2) is 0 Å². The molecule has 2 atom stereocenters. The Morgan fingerprint density at radius 2 is 1.70 bits per heavy atom. The summed E-state index contributed by atoms with van der Waals surface area (Å²) in [5.74, 6) is 0.0175. The number of sulfonamides is 1. The van der Waals surface area contributed by atoms with Gasteiger partial charge in [-0.2, -0.15) is 0 Å². The van der Waals surface area contributed by atoms with Crippen molar-refractivity contribution in [2.75, 3.05) is 7.11 Å². The first-order valence-corrected chi connectivity index (χ1v) is 10.7. The standard InChI is InChI=1S/C21H25NO4S/c1-26-21(23)15-17-12-10-16(11-13-17)14-18-6-5-9-20(18)22-27(24,25)19-7-3-2-4-8-19/h2-4,7-8,10-13,18,20,22H,5-6,9,14-15H2,1H3. The van der Waals surface area contributed by atoms with Gasteiger partial charge in [-0.1, -0.05) is 48.9 Å². The molecular formula is C21H25NO4S. The average molecular weight is 388 g/mol. The van der Waals surface area contributed by atoms with Gasteiger partial charge in [0.25, 0.3) is 0 Å². The molecule has 1 saturated carbocycles. The molecule has 3 rings (SSSR count). The van der Waals surface area contributed by atoms with Crippen LogP contribution in [0.5, 0.6) is 0 Å². The second-order valence-corrected chi connectivity index (χ2v) is 8.72. The van der Waals surface area contributed by atoms with E-state index < -0.39 is 10.0 Å². The summed E-state index contributed by atoms with van der Waals surface area (Å²) in [6.07, 6.45) is 3.97. The van der Waals surface area contributed by atoms with Gasteiger partial charge in [0.2, 0.25) is 10.0 Å². The zero-order valence-corrected chi connectivity index (χ0v) is 16.2. The van der Waals surface area contributed by atoms with Gasteiger partial charge in [-0.05, 0) is 48.4 Å². The number of benzene rings is 2. The van der Waals surface area contributed by atoms with E-state index in [9.17, 15) is 13.2 Å². The normalized spacial score (nSPS) is 19.7. The molecule has 0 spiro atoms. The molecule has 144 valence electrons. The van der Waals surface area contributed by atoms with E-state index in [1.54, 1.807) is 30.3 Å². The van der Waals surface area contributed by atoms with Crippen LogP contribution in [0.25, 0.3) is 0 Å². The first kappa shape index (κ1) is 19.6. The van der Waals surface area contributed by atoms with Crippen LogP contribution in [0.1, 0.15) is 30.4 Å². The fraction of sp³-hybridized carbons (Fsp3) is 0.381. The molecular weight excluding hydrogens is 362 g/mol. The van der Waals surface area contributed by atoms with Crippen molar-refractivity contribution in [3.05, 3.63) is 65.7 Å². The molecule has 1 N–H and O–H groups in total. The van der Waals surface area contributed by atoms with Crippen molar-refractivity contribution in [1.82, 2.24) is 4.72 Å². The maximum atomic E-state index is 12.6. The van der Waals surface area contributed by atoms with Gasteiger partial charge < -0.3 is 4.74 Å². The highest BCUT2D eigenvalue weighted by atomic mass is 32.2. The zero-order chi connectivity index (χ0) is 19.3. The van der Waals surface area contributed by atoms with Crippen molar-refractivity contribution in [3.63, 3.8) is 0 Å². The van der Waals surface area contributed by atoms with Gasteiger partial charge in [0.1, 0.15) is 0 Å². The molecule has 0 heterocycles. The molecule has 2 aromatic rings. The van der Waals surface area contributed by atoms with Crippen LogP contribution in [0.2, 0.25) is 0 Å². The van der Waals surface area contributed by atoms with Gasteiger partial charge >= 0.3 is 5.97 Å². The molecule has 27 heavy (non-hydrogen) atoms. The number of hydrogen-bond donors (Lipinski definition) is 1. The number of esters is 1. The van der Waals surface area contributed by atoms with E-state index in [2.05, 4.69) is 9.46 Å².